The predicted octanol–water partition coefficient (Wildman–Crippen LogP) is 1.49. The van der Waals surface area contributed by atoms with Crippen molar-refractivity contribution in [2.45, 2.75) is 78.2 Å². The Balaban J connectivity index is 3.10. The van der Waals surface area contributed by atoms with Crippen molar-refractivity contribution in [2.24, 2.45) is 17.3 Å². The molecule has 0 aromatic rings. The van der Waals surface area contributed by atoms with E-state index < -0.39 is 53.4 Å². The van der Waals surface area contributed by atoms with Gasteiger partial charge in [-0.2, -0.15) is 18.4 Å². The van der Waals surface area contributed by atoms with E-state index in [1.54, 1.807) is 19.2 Å². The van der Waals surface area contributed by atoms with E-state index in [2.05, 4.69) is 10.6 Å². The molecule has 192 valence electrons. The van der Waals surface area contributed by atoms with Crippen molar-refractivity contribution in [2.75, 3.05) is 13.6 Å². The molecule has 4 atom stereocenters. The number of nitrogens with one attached hydrogen (secondary N) is 3. The van der Waals surface area contributed by atoms with Crippen LogP contribution in [0.15, 0.2) is 0 Å². The van der Waals surface area contributed by atoms with Crippen LogP contribution in [0.3, 0.4) is 0 Å². The summed E-state index contributed by atoms with van der Waals surface area (Å²) in [5, 5.41) is 16.4. The van der Waals surface area contributed by atoms with Crippen LogP contribution in [-0.2, 0) is 19.2 Å². The molecule has 0 aliphatic carbocycles. The van der Waals surface area contributed by atoms with E-state index in [1.165, 1.54) is 27.8 Å². The molecule has 1 rings (SSSR count). The maximum absolute atomic E-state index is 13.2. The number of carbonyl (C=O) groups excluding carboxylic acids is 4. The van der Waals surface area contributed by atoms with E-state index >= 15 is 0 Å². The Bertz CT molecular complexity index is 817. The molecule has 34 heavy (non-hydrogen) atoms. The zero-order chi connectivity index (χ0) is 26.4. The molecule has 1 heterocycles. The fraction of sp³-hybridized carbons (Fsp3) is 0.773. The number of carbonyl (C=O) groups is 4. The first kappa shape index (κ1) is 29.2. The van der Waals surface area contributed by atoms with Crippen molar-refractivity contribution in [1.82, 2.24) is 20.9 Å². The zero-order valence-electron chi connectivity index (χ0n) is 20.4. The SMILES string of the molecule is CC(C)C[C@@H](C(=O)N[C@H](C#N)C[C@@H]1CCNC1=O)N(C)C(=O)[C@@H](NC(=O)C(F)(F)F)C(C)(C)C. The highest BCUT2D eigenvalue weighted by atomic mass is 19.4. The monoisotopic (exact) mass is 489 g/mol. The number of halogens is 3. The minimum atomic E-state index is -5.18. The van der Waals surface area contributed by atoms with Gasteiger partial charge in [-0.3, -0.25) is 19.2 Å². The number of hydrogen-bond acceptors (Lipinski definition) is 5. The second-order valence-electron chi connectivity index (χ2n) is 10.1. The number of likely N-dealkylation sites (N-methyl/N-ethyl adjacent to an activating group) is 1. The van der Waals surface area contributed by atoms with Crippen LogP contribution in [0.5, 0.6) is 0 Å². The molecule has 0 aromatic carbocycles. The molecule has 0 radical (unpaired) electrons. The lowest BCUT2D eigenvalue weighted by molar-refractivity contribution is -0.176. The van der Waals surface area contributed by atoms with Gasteiger partial charge >= 0.3 is 12.1 Å². The van der Waals surface area contributed by atoms with Crippen LogP contribution in [0.2, 0.25) is 0 Å². The van der Waals surface area contributed by atoms with Crippen LogP contribution >= 0.6 is 0 Å². The fourth-order valence-corrected chi connectivity index (χ4v) is 3.67. The Kier molecular flexibility index (Phi) is 9.90. The molecule has 4 amide bonds. The van der Waals surface area contributed by atoms with Crippen LogP contribution in [0.4, 0.5) is 13.2 Å². The average molecular weight is 490 g/mol. The maximum Gasteiger partial charge on any atom is 0.471 e. The summed E-state index contributed by atoms with van der Waals surface area (Å²) in [6.45, 7) is 8.58. The first-order chi connectivity index (χ1) is 15.5. The predicted molar refractivity (Wildman–Crippen MR) is 117 cm³/mol. The molecule has 0 spiro atoms. The van der Waals surface area contributed by atoms with Crippen LogP contribution in [0, 0.1) is 28.6 Å². The van der Waals surface area contributed by atoms with Crippen molar-refractivity contribution in [1.29, 1.82) is 5.26 Å². The first-order valence-electron chi connectivity index (χ1n) is 11.1. The van der Waals surface area contributed by atoms with Crippen molar-refractivity contribution in [3.63, 3.8) is 0 Å². The smallest absolute Gasteiger partial charge is 0.356 e. The van der Waals surface area contributed by atoms with Crippen LogP contribution in [0.1, 0.15) is 53.9 Å². The molecular formula is C22H34F3N5O4. The van der Waals surface area contributed by atoms with Gasteiger partial charge in [0.15, 0.2) is 0 Å². The van der Waals surface area contributed by atoms with E-state index in [0.717, 1.165) is 4.90 Å². The molecule has 0 aromatic heterocycles. The topological polar surface area (TPSA) is 131 Å². The number of nitriles is 1. The maximum atomic E-state index is 13.2. The third kappa shape index (κ3) is 8.18. The molecule has 1 fully saturated rings. The Morgan fingerprint density at radius 1 is 1.21 bits per heavy atom. The van der Waals surface area contributed by atoms with Gasteiger partial charge in [-0.15, -0.1) is 0 Å². The lowest BCUT2D eigenvalue weighted by atomic mass is 9.85. The van der Waals surface area contributed by atoms with Gasteiger partial charge in [-0.1, -0.05) is 34.6 Å². The minimum Gasteiger partial charge on any atom is -0.356 e. The van der Waals surface area contributed by atoms with E-state index in [0.29, 0.717) is 13.0 Å². The summed E-state index contributed by atoms with van der Waals surface area (Å²) in [6.07, 6.45) is -4.37. The summed E-state index contributed by atoms with van der Waals surface area (Å²) in [6, 6.07) is -1.69. The summed E-state index contributed by atoms with van der Waals surface area (Å²) >= 11 is 0. The van der Waals surface area contributed by atoms with Gasteiger partial charge in [0.1, 0.15) is 18.1 Å². The number of amides is 4. The van der Waals surface area contributed by atoms with Crippen LogP contribution in [-0.4, -0.2) is 66.4 Å². The standard InChI is InChI=1S/C22H34F3N5O4/c1-12(2)9-15(18(32)28-14(11-26)10-13-7-8-27-17(13)31)30(6)19(33)16(21(3,4)5)29-20(34)22(23,24)25/h12-16H,7-10H2,1-6H3,(H,27,31)(H,28,32)(H,29,34)/t13-,14-,15-,16+/m0/s1. The normalized spacial score (nSPS) is 19.0. The molecule has 0 bridgehead atoms. The number of rotatable bonds is 9. The number of hydrogen-bond donors (Lipinski definition) is 3. The van der Waals surface area contributed by atoms with Crippen molar-refractivity contribution < 1.29 is 32.3 Å². The second kappa shape index (κ2) is 11.5. The molecular weight excluding hydrogens is 455 g/mol. The highest BCUT2D eigenvalue weighted by molar-refractivity contribution is 5.93. The number of nitrogens with zero attached hydrogens (tertiary/aromatic N) is 2. The van der Waals surface area contributed by atoms with Gasteiger partial charge in [0.25, 0.3) is 0 Å². The van der Waals surface area contributed by atoms with E-state index in [1.807, 2.05) is 6.07 Å². The molecule has 0 saturated carbocycles. The van der Waals surface area contributed by atoms with Gasteiger partial charge in [-0.05, 0) is 30.6 Å². The highest BCUT2D eigenvalue weighted by Gasteiger charge is 2.45. The van der Waals surface area contributed by atoms with Gasteiger partial charge in [0.2, 0.25) is 17.7 Å². The Morgan fingerprint density at radius 2 is 1.79 bits per heavy atom. The van der Waals surface area contributed by atoms with Gasteiger partial charge < -0.3 is 20.9 Å². The summed E-state index contributed by atoms with van der Waals surface area (Å²) in [7, 11) is 1.28. The summed E-state index contributed by atoms with van der Waals surface area (Å²) in [5.74, 6) is -4.48. The fourth-order valence-electron chi connectivity index (χ4n) is 3.67. The first-order valence-corrected chi connectivity index (χ1v) is 11.1. The Morgan fingerprint density at radius 3 is 2.21 bits per heavy atom. The van der Waals surface area contributed by atoms with Gasteiger partial charge in [0, 0.05) is 19.5 Å². The average Bonchev–Trinajstić information content (AvgIpc) is 3.10. The Labute approximate surface area is 197 Å². The summed E-state index contributed by atoms with van der Waals surface area (Å²) in [4.78, 5) is 50.7. The molecule has 1 aliphatic rings. The lowest BCUT2D eigenvalue weighted by Gasteiger charge is -2.37. The molecule has 9 nitrogen and oxygen atoms in total. The third-order valence-corrected chi connectivity index (χ3v) is 5.61. The second-order valence-corrected chi connectivity index (χ2v) is 10.1. The van der Waals surface area contributed by atoms with Gasteiger partial charge in [-0.25, -0.2) is 0 Å². The largest absolute Gasteiger partial charge is 0.471 e. The van der Waals surface area contributed by atoms with Crippen molar-refractivity contribution >= 4 is 23.6 Å². The molecule has 3 N–H and O–H groups in total. The van der Waals surface area contributed by atoms with Crippen LogP contribution < -0.4 is 16.0 Å². The summed E-state index contributed by atoms with van der Waals surface area (Å²) < 4.78 is 38.5. The van der Waals surface area contributed by atoms with Crippen molar-refractivity contribution in [3.8, 4) is 6.07 Å². The highest BCUT2D eigenvalue weighted by Crippen LogP contribution is 2.25. The van der Waals surface area contributed by atoms with Gasteiger partial charge in [0.05, 0.1) is 6.07 Å². The van der Waals surface area contributed by atoms with E-state index in [-0.39, 0.29) is 24.7 Å². The third-order valence-electron chi connectivity index (χ3n) is 5.61. The summed E-state index contributed by atoms with van der Waals surface area (Å²) in [5.41, 5.74) is -1.09. The van der Waals surface area contributed by atoms with E-state index in [4.69, 9.17) is 0 Å². The van der Waals surface area contributed by atoms with Crippen LogP contribution in [0.25, 0.3) is 0 Å². The quantitative estimate of drug-likeness (QED) is 0.452. The molecule has 12 heteroatoms. The zero-order valence-corrected chi connectivity index (χ0v) is 20.4. The molecule has 0 unspecified atom stereocenters. The minimum absolute atomic E-state index is 0.0787. The van der Waals surface area contributed by atoms with E-state index in [9.17, 15) is 37.6 Å². The van der Waals surface area contributed by atoms with Crippen molar-refractivity contribution in [3.05, 3.63) is 0 Å². The molecule has 1 saturated heterocycles. The molecule has 1 aliphatic heterocycles. The lowest BCUT2D eigenvalue weighted by Crippen LogP contribution is -2.60. The Hall–Kier alpha value is -2.84. The number of alkyl halides is 3.